The zero-order valence-corrected chi connectivity index (χ0v) is 41.3. The molecule has 71 heavy (non-hydrogen) atoms. The fourth-order valence-electron chi connectivity index (χ4n) is 12.2. The van der Waals surface area contributed by atoms with E-state index in [1.165, 1.54) is 35.0 Å². The number of thiophene rings is 2. The summed E-state index contributed by atoms with van der Waals surface area (Å²) in [5.41, 5.74) is 1.21. The van der Waals surface area contributed by atoms with Gasteiger partial charge in [0.15, 0.2) is 23.4 Å². The molecule has 4 bridgehead atoms. The lowest BCUT2D eigenvalue weighted by Gasteiger charge is -2.44. The molecule has 2 saturated carbocycles. The van der Waals surface area contributed by atoms with Crippen LogP contribution >= 0.6 is 22.7 Å². The third kappa shape index (κ3) is 7.48. The quantitative estimate of drug-likeness (QED) is 0.151. The van der Waals surface area contributed by atoms with Crippen molar-refractivity contribution in [3.63, 3.8) is 0 Å². The number of allylic oxidation sites excluding steroid dienone is 2. The van der Waals surface area contributed by atoms with E-state index in [9.17, 15) is 53.2 Å². The number of nitrogens with one attached hydrogen (secondary N) is 2. The molecule has 2 N–H and O–H groups in total. The molecule has 10 unspecified atom stereocenters. The van der Waals surface area contributed by atoms with Crippen molar-refractivity contribution < 1.29 is 53.2 Å². The van der Waals surface area contributed by atoms with Crippen LogP contribution in [0.15, 0.2) is 102 Å². The maximum atomic E-state index is 14.4. The number of benzene rings is 2. The van der Waals surface area contributed by atoms with Crippen LogP contribution in [0.2, 0.25) is 0 Å². The van der Waals surface area contributed by atoms with Crippen LogP contribution in [0.25, 0.3) is 0 Å². The van der Waals surface area contributed by atoms with Crippen molar-refractivity contribution in [3.05, 3.63) is 117 Å². The van der Waals surface area contributed by atoms with Crippen LogP contribution in [-0.2, 0) is 75.4 Å². The molecule has 24 heteroatoms. The number of sulfonamides is 3. The molecule has 4 aromatic rings. The first-order valence-electron chi connectivity index (χ1n) is 22.7. The molecule has 0 radical (unpaired) electrons. The zero-order chi connectivity index (χ0) is 49.6. The molecule has 8 aliphatic rings. The number of rotatable bonds is 11. The average Bonchev–Trinajstić information content (AvgIpc) is 4.18. The highest BCUT2D eigenvalue weighted by molar-refractivity contribution is 7.91. The number of hydrogen-bond donors (Lipinski definition) is 2. The highest BCUT2D eigenvalue weighted by Gasteiger charge is 2.61. The van der Waals surface area contributed by atoms with Gasteiger partial charge in [0.1, 0.15) is 43.1 Å². The van der Waals surface area contributed by atoms with Gasteiger partial charge in [-0.15, -0.1) is 31.5 Å². The van der Waals surface area contributed by atoms with Gasteiger partial charge >= 0.3 is 0 Å². The lowest BCUT2D eigenvalue weighted by Crippen LogP contribution is -2.60. The Hall–Kier alpha value is -5.79. The van der Waals surface area contributed by atoms with Crippen LogP contribution in [-0.4, -0.2) is 92.7 Å². The van der Waals surface area contributed by atoms with Gasteiger partial charge in [0.25, 0.3) is 20.0 Å². The molecule has 368 valence electrons. The lowest BCUT2D eigenvalue weighted by molar-refractivity contribution is -0.153. The highest BCUT2D eigenvalue weighted by atomic mass is 32.2. The summed E-state index contributed by atoms with van der Waals surface area (Å²) >= 11 is 1.79. The van der Waals surface area contributed by atoms with Gasteiger partial charge in [-0.25, -0.2) is 17.2 Å². The van der Waals surface area contributed by atoms with E-state index in [1.54, 1.807) is 34.1 Å². The molecule has 10 atom stereocenters. The van der Waals surface area contributed by atoms with Gasteiger partial charge in [0.2, 0.25) is 21.8 Å². The van der Waals surface area contributed by atoms with Gasteiger partial charge in [-0.3, -0.25) is 19.2 Å². The summed E-state index contributed by atoms with van der Waals surface area (Å²) in [6.45, 7) is -1.04. The SMILES string of the molecule is CS(=O)(=O)N(Cc1csc2c1S(=O)(=O)N=C(C1C(=O)C3C4C=CC(C4)C3N(Cc3ccc(F)cc3)C1=O)N2)Cc1csc2c1S(=O)(=O)N=C(C1C(=O)C3C4C=CC(C4)C3N(Cc3ccc(F)cc3)C1=O)N2. The molecule has 12 rings (SSSR count). The van der Waals surface area contributed by atoms with Crippen molar-refractivity contribution in [3.8, 4) is 0 Å². The molecule has 4 aliphatic carbocycles. The number of carbonyl (C=O) groups is 4. The Morgan fingerprint density at radius 2 is 1.01 bits per heavy atom. The maximum absolute atomic E-state index is 14.4. The third-order valence-corrected chi connectivity index (χ3v) is 21.3. The molecule has 6 heterocycles. The smallest absolute Gasteiger partial charge is 0.287 e. The number of carbonyl (C=O) groups excluding carboxylic acids is 4. The summed E-state index contributed by atoms with van der Waals surface area (Å²) in [5, 5.41) is 8.64. The van der Waals surface area contributed by atoms with Crippen molar-refractivity contribution in [1.29, 1.82) is 0 Å². The van der Waals surface area contributed by atoms with E-state index in [-0.39, 0.29) is 79.4 Å². The Morgan fingerprint density at radius 3 is 1.39 bits per heavy atom. The number of ketones is 2. The molecule has 17 nitrogen and oxygen atoms in total. The summed E-state index contributed by atoms with van der Waals surface area (Å²) in [6, 6.07) is 10.3. The zero-order valence-electron chi connectivity index (χ0n) is 37.2. The van der Waals surface area contributed by atoms with Crippen LogP contribution in [0.4, 0.5) is 18.8 Å². The second-order valence-electron chi connectivity index (χ2n) is 19.3. The molecule has 2 saturated heterocycles. The maximum Gasteiger partial charge on any atom is 0.287 e. The number of nitrogens with zero attached hydrogens (tertiary/aromatic N) is 5. The Kier molecular flexibility index (Phi) is 10.7. The number of likely N-dealkylation sites (tertiary alicyclic amines) is 2. The number of hydrogen-bond acceptors (Lipinski definition) is 14. The van der Waals surface area contributed by atoms with Crippen molar-refractivity contribution in [2.45, 2.75) is 60.9 Å². The van der Waals surface area contributed by atoms with Gasteiger partial charge < -0.3 is 20.4 Å². The molecular formula is C47H41F2N7O10S5. The van der Waals surface area contributed by atoms with Gasteiger partial charge in [-0.1, -0.05) is 48.6 Å². The van der Waals surface area contributed by atoms with Crippen molar-refractivity contribution in [2.75, 3.05) is 16.9 Å². The minimum absolute atomic E-state index is 0.00327. The normalized spacial score (nSPS) is 30.5. The number of piperidine rings is 2. The van der Waals surface area contributed by atoms with Gasteiger partial charge in [-0.2, -0.15) is 21.1 Å². The second-order valence-corrected chi connectivity index (χ2v) is 26.1. The molecular weight excluding hydrogens is 1020 g/mol. The number of amidine groups is 2. The fourth-order valence-corrected chi connectivity index (χ4v) is 18.2. The first-order valence-corrected chi connectivity index (χ1v) is 29.2. The topological polar surface area (TPSA) is 229 Å². The van der Waals surface area contributed by atoms with Crippen LogP contribution in [0, 0.1) is 59.0 Å². The van der Waals surface area contributed by atoms with E-state index in [0.717, 1.165) is 33.2 Å². The average molecular weight is 1060 g/mol. The van der Waals surface area contributed by atoms with E-state index < -0.39 is 114 Å². The summed E-state index contributed by atoms with van der Waals surface area (Å²) in [6.07, 6.45) is 10.0. The van der Waals surface area contributed by atoms with Crippen LogP contribution in [0.5, 0.6) is 0 Å². The first kappa shape index (κ1) is 46.3. The van der Waals surface area contributed by atoms with Gasteiger partial charge in [0.05, 0.1) is 6.26 Å². The second kappa shape index (κ2) is 16.4. The largest absolute Gasteiger partial charge is 0.333 e. The van der Waals surface area contributed by atoms with E-state index in [2.05, 4.69) is 19.4 Å². The Morgan fingerprint density at radius 1 is 0.634 bits per heavy atom. The predicted molar refractivity (Wildman–Crippen MR) is 256 cm³/mol. The third-order valence-electron chi connectivity index (χ3n) is 15.2. The van der Waals surface area contributed by atoms with E-state index in [0.29, 0.717) is 24.0 Å². The molecule has 2 aromatic heterocycles. The Bertz CT molecular complexity index is 3290. The number of fused-ring (bicyclic) bond motifs is 12. The molecule has 4 fully saturated rings. The number of Topliss-reactive ketones (excluding diaryl/α,β-unsaturated/α-hetero) is 2. The minimum Gasteiger partial charge on any atom is -0.333 e. The van der Waals surface area contributed by atoms with Crippen molar-refractivity contribution >= 4 is 97.8 Å². The molecule has 2 aromatic carbocycles. The lowest BCUT2D eigenvalue weighted by atomic mass is 9.75. The fraction of sp³-hybridized carbons (Fsp3) is 0.362. The Balaban J connectivity index is 0.807. The first-order chi connectivity index (χ1) is 33.8. The monoisotopic (exact) mass is 1060 g/mol. The summed E-state index contributed by atoms with van der Waals surface area (Å²) in [5.74, 6) is -8.92. The summed E-state index contributed by atoms with van der Waals surface area (Å²) < 4.78 is 120. The number of anilines is 2. The highest BCUT2D eigenvalue weighted by Crippen LogP contribution is 2.53. The molecule has 2 amide bonds. The summed E-state index contributed by atoms with van der Waals surface area (Å²) in [4.78, 5) is 59.8. The minimum atomic E-state index is -4.70. The Labute approximate surface area is 414 Å². The van der Waals surface area contributed by atoms with Gasteiger partial charge in [-0.05, 0) is 82.7 Å². The summed E-state index contributed by atoms with van der Waals surface area (Å²) in [7, 11) is -13.6. The van der Waals surface area contributed by atoms with E-state index >= 15 is 0 Å². The standard InChI is InChI=1S/C47H41F2N7O10S5/c1-69(61,62)54(18-28-20-67-44-40(28)70(63,64)52-42(50-44)34-38(57)32-24-6-8-26(14-24)36(32)55(46(34)59)16-22-2-10-30(48)11-3-22)19-29-21-68-45-41(29)71(65,66)53-43(51-45)35-39(58)33-25-7-9-27(15-25)37(33)56(47(35)60)17-23-4-12-31(49)13-5-23/h2-13,20-21,24-27,32-37H,14-19H2,1H3,(H,50,52)(H,51,53). The van der Waals surface area contributed by atoms with Crippen LogP contribution in [0.1, 0.15) is 35.1 Å². The van der Waals surface area contributed by atoms with Crippen molar-refractivity contribution in [1.82, 2.24) is 14.1 Å². The van der Waals surface area contributed by atoms with Crippen molar-refractivity contribution in [2.24, 2.45) is 56.1 Å². The number of halogens is 2. The van der Waals surface area contributed by atoms with E-state index in [4.69, 9.17) is 0 Å². The van der Waals surface area contributed by atoms with Crippen LogP contribution < -0.4 is 10.6 Å². The number of amides is 2. The van der Waals surface area contributed by atoms with Gasteiger partial charge in [0, 0.05) is 61.2 Å². The van der Waals surface area contributed by atoms with Crippen LogP contribution in [0.3, 0.4) is 0 Å². The predicted octanol–water partition coefficient (Wildman–Crippen LogP) is 4.91. The molecule has 4 aliphatic heterocycles. The molecule has 0 spiro atoms. The van der Waals surface area contributed by atoms with E-state index in [1.807, 2.05) is 24.3 Å².